The Morgan fingerprint density at radius 2 is 1.34 bits per heavy atom. The van der Waals surface area contributed by atoms with Gasteiger partial charge in [0.15, 0.2) is 6.10 Å². The Bertz CT molecular complexity index is 847. The normalized spacial score (nSPS) is 16.1. The van der Waals surface area contributed by atoms with Crippen LogP contribution in [0.15, 0.2) is 60.7 Å². The standard InChI is InChI=1S/C17H15F7NO3P/c1-29(26,25-13-10-6-3-7-11-13)27-14(12-8-4-2-5-9-12)15(18,19)16(20,21)28-17(22,23)24/h2-11,14H,1H3,(H,25,26). The number of benzene rings is 2. The Hall–Kier alpha value is -2.10. The fourth-order valence-corrected chi connectivity index (χ4v) is 3.63. The number of halogens is 7. The molecule has 0 saturated heterocycles. The smallest absolute Gasteiger partial charge is 0.316 e. The highest BCUT2D eigenvalue weighted by atomic mass is 31.2. The van der Waals surface area contributed by atoms with E-state index >= 15 is 0 Å². The van der Waals surface area contributed by atoms with Crippen LogP contribution in [-0.4, -0.2) is 25.1 Å². The van der Waals surface area contributed by atoms with Crippen molar-refractivity contribution in [1.29, 1.82) is 0 Å². The van der Waals surface area contributed by atoms with Crippen LogP contribution in [0.4, 0.5) is 36.4 Å². The van der Waals surface area contributed by atoms with Gasteiger partial charge in [0.05, 0.1) is 0 Å². The zero-order valence-corrected chi connectivity index (χ0v) is 15.6. The fourth-order valence-electron chi connectivity index (χ4n) is 2.30. The molecule has 0 aliphatic carbocycles. The first-order valence-electron chi connectivity index (χ1n) is 7.90. The summed E-state index contributed by atoms with van der Waals surface area (Å²) in [5.41, 5.74) is -0.466. The average Bonchev–Trinajstić information content (AvgIpc) is 2.58. The van der Waals surface area contributed by atoms with E-state index in [0.29, 0.717) is 0 Å². The number of hydrogen-bond donors (Lipinski definition) is 1. The third-order valence-corrected chi connectivity index (χ3v) is 4.75. The maximum atomic E-state index is 14.5. The van der Waals surface area contributed by atoms with Crippen LogP contribution >= 0.6 is 7.52 Å². The van der Waals surface area contributed by atoms with E-state index in [9.17, 15) is 35.3 Å². The first-order chi connectivity index (χ1) is 13.2. The molecule has 0 aliphatic heterocycles. The predicted octanol–water partition coefficient (Wildman–Crippen LogP) is 6.44. The second-order valence-electron chi connectivity index (χ2n) is 5.91. The molecule has 0 radical (unpaired) electrons. The van der Waals surface area contributed by atoms with E-state index in [4.69, 9.17) is 4.52 Å². The molecule has 2 aromatic rings. The Morgan fingerprint density at radius 3 is 1.83 bits per heavy atom. The summed E-state index contributed by atoms with van der Waals surface area (Å²) in [4.78, 5) is 0. The minimum absolute atomic E-state index is 0.159. The highest BCUT2D eigenvalue weighted by molar-refractivity contribution is 7.59. The van der Waals surface area contributed by atoms with Gasteiger partial charge >= 0.3 is 18.4 Å². The van der Waals surface area contributed by atoms with Crippen molar-refractivity contribution >= 4 is 13.2 Å². The van der Waals surface area contributed by atoms with E-state index in [1.54, 1.807) is 6.07 Å². The Morgan fingerprint density at radius 1 is 0.862 bits per heavy atom. The lowest BCUT2D eigenvalue weighted by Crippen LogP contribution is -2.50. The molecule has 2 rings (SSSR count). The van der Waals surface area contributed by atoms with Gasteiger partial charge in [-0.3, -0.25) is 9.09 Å². The third-order valence-electron chi connectivity index (χ3n) is 3.48. The van der Waals surface area contributed by atoms with Gasteiger partial charge in [-0.2, -0.15) is 17.6 Å². The van der Waals surface area contributed by atoms with E-state index in [1.807, 2.05) is 0 Å². The monoisotopic (exact) mass is 445 g/mol. The molecule has 160 valence electrons. The summed E-state index contributed by atoms with van der Waals surface area (Å²) in [6.45, 7) is 0.828. The zero-order chi connectivity index (χ0) is 21.9. The molecule has 0 spiro atoms. The van der Waals surface area contributed by atoms with Gasteiger partial charge in [0, 0.05) is 12.4 Å². The molecule has 2 unspecified atom stereocenters. The zero-order valence-electron chi connectivity index (χ0n) is 14.7. The van der Waals surface area contributed by atoms with Gasteiger partial charge in [-0.25, -0.2) is 4.74 Å². The number of rotatable bonds is 8. The number of para-hydroxylation sites is 1. The van der Waals surface area contributed by atoms with E-state index in [2.05, 4.69) is 9.82 Å². The molecule has 12 heteroatoms. The van der Waals surface area contributed by atoms with Gasteiger partial charge in [0.1, 0.15) is 0 Å². The van der Waals surface area contributed by atoms with E-state index < -0.39 is 37.6 Å². The fraction of sp³-hybridized carbons (Fsp3) is 0.294. The van der Waals surface area contributed by atoms with E-state index in [0.717, 1.165) is 18.8 Å². The summed E-state index contributed by atoms with van der Waals surface area (Å²) >= 11 is 0. The molecule has 29 heavy (non-hydrogen) atoms. The summed E-state index contributed by atoms with van der Waals surface area (Å²) in [5.74, 6) is -5.53. The van der Waals surface area contributed by atoms with Crippen molar-refractivity contribution in [3.05, 3.63) is 66.2 Å². The lowest BCUT2D eigenvalue weighted by Gasteiger charge is -2.34. The lowest BCUT2D eigenvalue weighted by atomic mass is 10.0. The molecule has 0 heterocycles. The van der Waals surface area contributed by atoms with Crippen LogP contribution < -0.4 is 5.09 Å². The first kappa shape index (κ1) is 23.2. The van der Waals surface area contributed by atoms with Crippen molar-refractivity contribution in [2.75, 3.05) is 11.8 Å². The Kier molecular flexibility index (Phi) is 6.66. The molecule has 0 fully saturated rings. The summed E-state index contributed by atoms with van der Waals surface area (Å²) in [6, 6.07) is 13.0. The van der Waals surface area contributed by atoms with Gasteiger partial charge in [0.25, 0.3) is 7.52 Å². The van der Waals surface area contributed by atoms with Gasteiger partial charge in [0.2, 0.25) is 0 Å². The van der Waals surface area contributed by atoms with Crippen LogP contribution in [0.3, 0.4) is 0 Å². The number of ether oxygens (including phenoxy) is 1. The van der Waals surface area contributed by atoms with E-state index in [1.165, 1.54) is 42.5 Å². The maximum Gasteiger partial charge on any atom is 0.527 e. The van der Waals surface area contributed by atoms with Gasteiger partial charge < -0.3 is 5.09 Å². The molecule has 2 aromatic carbocycles. The number of hydrogen-bond acceptors (Lipinski definition) is 3. The molecule has 0 amide bonds. The second kappa shape index (κ2) is 8.33. The van der Waals surface area contributed by atoms with Gasteiger partial charge in [-0.05, 0) is 17.7 Å². The van der Waals surface area contributed by atoms with Gasteiger partial charge in [-0.15, -0.1) is 13.2 Å². The minimum atomic E-state index is -6.05. The van der Waals surface area contributed by atoms with Crippen LogP contribution in [0.2, 0.25) is 0 Å². The topological polar surface area (TPSA) is 47.6 Å². The van der Waals surface area contributed by atoms with Crippen LogP contribution in [0.25, 0.3) is 0 Å². The van der Waals surface area contributed by atoms with E-state index in [-0.39, 0.29) is 5.69 Å². The average molecular weight is 445 g/mol. The van der Waals surface area contributed by atoms with Crippen LogP contribution in [0, 0.1) is 0 Å². The third kappa shape index (κ3) is 6.19. The molecule has 0 saturated carbocycles. The molecule has 1 N–H and O–H groups in total. The SMILES string of the molecule is CP(=O)(Nc1ccccc1)OC(c1ccccc1)C(F)(F)C(F)(F)OC(F)(F)F. The summed E-state index contributed by atoms with van der Waals surface area (Å²) in [5, 5.41) is 2.28. The Balaban J connectivity index is 2.41. The molecule has 2 atom stereocenters. The van der Waals surface area contributed by atoms with Crippen LogP contribution in [0.5, 0.6) is 0 Å². The summed E-state index contributed by atoms with van der Waals surface area (Å²) in [6.07, 6.45) is -15.1. The molecule has 0 bridgehead atoms. The molecular formula is C17H15F7NO3P. The maximum absolute atomic E-state index is 14.5. The van der Waals surface area contributed by atoms with Crippen molar-refractivity contribution in [1.82, 2.24) is 0 Å². The summed E-state index contributed by atoms with van der Waals surface area (Å²) in [7, 11) is -4.25. The largest absolute Gasteiger partial charge is 0.527 e. The van der Waals surface area contributed by atoms with Crippen molar-refractivity contribution < 1.29 is 44.6 Å². The second-order valence-corrected chi connectivity index (χ2v) is 8.03. The summed E-state index contributed by atoms with van der Waals surface area (Å²) < 4.78 is 113. The molecule has 0 aromatic heterocycles. The number of anilines is 1. The van der Waals surface area contributed by atoms with Gasteiger partial charge in [-0.1, -0.05) is 48.5 Å². The van der Waals surface area contributed by atoms with Crippen LogP contribution in [0.1, 0.15) is 11.7 Å². The lowest BCUT2D eigenvalue weighted by molar-refractivity contribution is -0.473. The number of alkyl halides is 7. The highest BCUT2D eigenvalue weighted by Crippen LogP contribution is 2.55. The van der Waals surface area contributed by atoms with Crippen molar-refractivity contribution in [2.45, 2.75) is 24.5 Å². The highest BCUT2D eigenvalue weighted by Gasteiger charge is 2.68. The van der Waals surface area contributed by atoms with Crippen LogP contribution in [-0.2, 0) is 13.8 Å². The van der Waals surface area contributed by atoms with Crippen molar-refractivity contribution in [2.24, 2.45) is 0 Å². The van der Waals surface area contributed by atoms with Crippen molar-refractivity contribution in [3.63, 3.8) is 0 Å². The predicted molar refractivity (Wildman–Crippen MR) is 90.9 cm³/mol. The number of nitrogens with one attached hydrogen (secondary N) is 1. The quantitative estimate of drug-likeness (QED) is 0.375. The first-order valence-corrected chi connectivity index (χ1v) is 9.97. The minimum Gasteiger partial charge on any atom is -0.316 e. The molecule has 4 nitrogen and oxygen atoms in total. The van der Waals surface area contributed by atoms with Crippen molar-refractivity contribution in [3.8, 4) is 0 Å². The Labute approximate surface area is 161 Å². The molecule has 0 aliphatic rings. The molecular weight excluding hydrogens is 430 g/mol.